The Balaban J connectivity index is 1.53. The van der Waals surface area contributed by atoms with Crippen LogP contribution in [0.15, 0.2) is 67.3 Å². The molecule has 0 saturated heterocycles. The van der Waals surface area contributed by atoms with Crippen LogP contribution in [0.25, 0.3) is 5.00 Å². The first-order chi connectivity index (χ1) is 13.6. The molecule has 3 heterocycles. The maximum Gasteiger partial charge on any atom is 0.321 e. The Morgan fingerprint density at radius 1 is 1.04 bits per heavy atom. The summed E-state index contributed by atoms with van der Waals surface area (Å²) in [5, 5.41) is 3.89. The SMILES string of the molecule is Cc1sc(-n2cccc2)c(C(=O)Nc2ccc(Oc3ncccn3)cc2)c1C. The van der Waals surface area contributed by atoms with E-state index in [0.29, 0.717) is 17.0 Å². The molecule has 7 heteroatoms. The lowest BCUT2D eigenvalue weighted by molar-refractivity contribution is 0.102. The lowest BCUT2D eigenvalue weighted by Crippen LogP contribution is -2.14. The lowest BCUT2D eigenvalue weighted by atomic mass is 10.1. The van der Waals surface area contributed by atoms with Crippen molar-refractivity contribution >= 4 is 22.9 Å². The predicted molar refractivity (Wildman–Crippen MR) is 110 cm³/mol. The zero-order valence-electron chi connectivity index (χ0n) is 15.4. The minimum absolute atomic E-state index is 0.134. The number of hydrogen-bond acceptors (Lipinski definition) is 5. The number of nitrogens with one attached hydrogen (secondary N) is 1. The first-order valence-electron chi connectivity index (χ1n) is 8.71. The fourth-order valence-corrected chi connectivity index (χ4v) is 3.89. The van der Waals surface area contributed by atoms with Gasteiger partial charge in [0, 0.05) is 35.4 Å². The fourth-order valence-electron chi connectivity index (χ4n) is 2.77. The summed E-state index contributed by atoms with van der Waals surface area (Å²) in [6, 6.07) is 13.0. The lowest BCUT2D eigenvalue weighted by Gasteiger charge is -2.09. The second kappa shape index (κ2) is 7.66. The highest BCUT2D eigenvalue weighted by Crippen LogP contribution is 2.31. The Labute approximate surface area is 166 Å². The molecule has 0 spiro atoms. The monoisotopic (exact) mass is 390 g/mol. The van der Waals surface area contributed by atoms with Crippen molar-refractivity contribution in [2.75, 3.05) is 5.32 Å². The normalized spacial score (nSPS) is 10.6. The van der Waals surface area contributed by atoms with E-state index in [1.807, 2.05) is 42.9 Å². The van der Waals surface area contributed by atoms with E-state index in [-0.39, 0.29) is 11.9 Å². The Morgan fingerprint density at radius 2 is 1.71 bits per heavy atom. The summed E-state index contributed by atoms with van der Waals surface area (Å²) in [6.45, 7) is 4.01. The number of aryl methyl sites for hydroxylation is 1. The van der Waals surface area contributed by atoms with Gasteiger partial charge in [-0.25, -0.2) is 9.97 Å². The molecule has 4 rings (SSSR count). The predicted octanol–water partition coefficient (Wildman–Crippen LogP) is 4.99. The highest BCUT2D eigenvalue weighted by Gasteiger charge is 2.20. The maximum absolute atomic E-state index is 13.0. The number of rotatable bonds is 5. The van der Waals surface area contributed by atoms with Crippen molar-refractivity contribution in [1.29, 1.82) is 0 Å². The van der Waals surface area contributed by atoms with Gasteiger partial charge in [0.1, 0.15) is 10.8 Å². The van der Waals surface area contributed by atoms with Gasteiger partial charge in [0.15, 0.2) is 0 Å². The Hall–Kier alpha value is -3.45. The summed E-state index contributed by atoms with van der Waals surface area (Å²) < 4.78 is 7.55. The third-order valence-electron chi connectivity index (χ3n) is 4.30. The van der Waals surface area contributed by atoms with Crippen LogP contribution >= 0.6 is 11.3 Å². The quantitative estimate of drug-likeness (QED) is 0.521. The standard InChI is InChI=1S/C21H18N4O2S/c1-14-15(2)28-20(25-12-3-4-13-25)18(14)19(26)24-16-6-8-17(9-7-16)27-21-22-10-5-11-23-21/h3-13H,1-2H3,(H,24,26). The van der Waals surface area contributed by atoms with Gasteiger partial charge in [0.25, 0.3) is 5.91 Å². The molecule has 0 bridgehead atoms. The molecule has 1 N–H and O–H groups in total. The van der Waals surface area contributed by atoms with Crippen molar-refractivity contribution in [3.8, 4) is 16.8 Å². The number of thiophene rings is 1. The summed E-state index contributed by atoms with van der Waals surface area (Å²) in [6.07, 6.45) is 7.12. The molecule has 0 aliphatic carbocycles. The van der Waals surface area contributed by atoms with E-state index in [1.54, 1.807) is 54.1 Å². The van der Waals surface area contributed by atoms with Crippen LogP contribution in [-0.2, 0) is 0 Å². The van der Waals surface area contributed by atoms with Crippen LogP contribution in [0.1, 0.15) is 20.8 Å². The van der Waals surface area contributed by atoms with Crippen molar-refractivity contribution < 1.29 is 9.53 Å². The molecule has 1 amide bonds. The zero-order chi connectivity index (χ0) is 19.5. The fraction of sp³-hybridized carbons (Fsp3) is 0.0952. The topological polar surface area (TPSA) is 69.0 Å². The summed E-state index contributed by atoms with van der Waals surface area (Å²) in [4.78, 5) is 22.1. The second-order valence-electron chi connectivity index (χ2n) is 6.17. The van der Waals surface area contributed by atoms with Gasteiger partial charge in [-0.3, -0.25) is 4.79 Å². The van der Waals surface area contributed by atoms with E-state index in [9.17, 15) is 4.79 Å². The van der Waals surface area contributed by atoms with Crippen molar-refractivity contribution in [2.24, 2.45) is 0 Å². The molecule has 0 fully saturated rings. The van der Waals surface area contributed by atoms with E-state index in [1.165, 1.54) is 0 Å². The van der Waals surface area contributed by atoms with Gasteiger partial charge in [-0.15, -0.1) is 11.3 Å². The number of nitrogens with zero attached hydrogens (tertiary/aromatic N) is 3. The smallest absolute Gasteiger partial charge is 0.321 e. The van der Waals surface area contributed by atoms with Crippen LogP contribution < -0.4 is 10.1 Å². The van der Waals surface area contributed by atoms with E-state index in [2.05, 4.69) is 15.3 Å². The number of aromatic nitrogens is 3. The van der Waals surface area contributed by atoms with Crippen LogP contribution in [0.4, 0.5) is 5.69 Å². The molecule has 0 aliphatic heterocycles. The van der Waals surface area contributed by atoms with Crippen molar-refractivity contribution in [1.82, 2.24) is 14.5 Å². The molecule has 0 saturated carbocycles. The van der Waals surface area contributed by atoms with Crippen LogP contribution in [0, 0.1) is 13.8 Å². The summed E-state index contributed by atoms with van der Waals surface area (Å²) in [5.74, 6) is 0.463. The summed E-state index contributed by atoms with van der Waals surface area (Å²) >= 11 is 1.61. The average molecular weight is 390 g/mol. The number of anilines is 1. The summed E-state index contributed by atoms with van der Waals surface area (Å²) in [5.41, 5.74) is 2.37. The molecule has 0 radical (unpaired) electrons. The van der Waals surface area contributed by atoms with Gasteiger partial charge in [-0.05, 0) is 61.9 Å². The molecular formula is C21H18N4O2S. The minimum Gasteiger partial charge on any atom is -0.424 e. The molecular weight excluding hydrogens is 372 g/mol. The zero-order valence-corrected chi connectivity index (χ0v) is 16.2. The van der Waals surface area contributed by atoms with Crippen LogP contribution in [0.2, 0.25) is 0 Å². The van der Waals surface area contributed by atoms with Gasteiger partial charge in [-0.2, -0.15) is 0 Å². The highest BCUT2D eigenvalue weighted by molar-refractivity contribution is 7.15. The first kappa shape index (κ1) is 17.9. The average Bonchev–Trinajstić information content (AvgIpc) is 3.33. The third kappa shape index (κ3) is 3.65. The van der Waals surface area contributed by atoms with Crippen molar-refractivity contribution in [2.45, 2.75) is 13.8 Å². The van der Waals surface area contributed by atoms with Crippen LogP contribution in [0.5, 0.6) is 11.8 Å². The molecule has 3 aromatic heterocycles. The Morgan fingerprint density at radius 3 is 2.39 bits per heavy atom. The molecule has 4 aromatic rings. The Bertz CT molecular complexity index is 1090. The van der Waals surface area contributed by atoms with E-state index in [4.69, 9.17) is 4.74 Å². The summed E-state index contributed by atoms with van der Waals surface area (Å²) in [7, 11) is 0. The number of carbonyl (C=O) groups excluding carboxylic acids is 1. The van der Waals surface area contributed by atoms with Gasteiger partial charge in [0.05, 0.1) is 5.56 Å². The highest BCUT2D eigenvalue weighted by atomic mass is 32.1. The molecule has 6 nitrogen and oxygen atoms in total. The van der Waals surface area contributed by atoms with Crippen LogP contribution in [0.3, 0.4) is 0 Å². The molecule has 1 aromatic carbocycles. The van der Waals surface area contributed by atoms with Gasteiger partial charge < -0.3 is 14.6 Å². The van der Waals surface area contributed by atoms with Gasteiger partial charge in [-0.1, -0.05) is 0 Å². The Kier molecular flexibility index (Phi) is 4.90. The van der Waals surface area contributed by atoms with Gasteiger partial charge in [0.2, 0.25) is 0 Å². The van der Waals surface area contributed by atoms with Crippen molar-refractivity contribution in [3.63, 3.8) is 0 Å². The minimum atomic E-state index is -0.134. The van der Waals surface area contributed by atoms with E-state index in [0.717, 1.165) is 15.4 Å². The third-order valence-corrected chi connectivity index (χ3v) is 5.52. The van der Waals surface area contributed by atoms with Gasteiger partial charge >= 0.3 is 6.01 Å². The van der Waals surface area contributed by atoms with E-state index < -0.39 is 0 Å². The number of benzene rings is 1. The largest absolute Gasteiger partial charge is 0.424 e. The number of hydrogen-bond donors (Lipinski definition) is 1. The van der Waals surface area contributed by atoms with Crippen LogP contribution in [-0.4, -0.2) is 20.4 Å². The molecule has 0 atom stereocenters. The number of ether oxygens (including phenoxy) is 1. The van der Waals surface area contributed by atoms with E-state index >= 15 is 0 Å². The molecule has 0 aliphatic rings. The number of carbonyl (C=O) groups is 1. The maximum atomic E-state index is 13.0. The molecule has 28 heavy (non-hydrogen) atoms. The molecule has 0 unspecified atom stereocenters. The molecule has 140 valence electrons. The number of amides is 1. The second-order valence-corrected chi connectivity index (χ2v) is 7.37. The first-order valence-corrected chi connectivity index (χ1v) is 9.53. The van der Waals surface area contributed by atoms with Crippen molar-refractivity contribution in [3.05, 3.63) is 83.3 Å².